The Morgan fingerprint density at radius 3 is 2.86 bits per heavy atom. The van der Waals surface area contributed by atoms with Crippen LogP contribution >= 0.6 is 27.5 Å². The Bertz CT molecular complexity index is 339. The van der Waals surface area contributed by atoms with Gasteiger partial charge in [0.15, 0.2) is 0 Å². The van der Waals surface area contributed by atoms with E-state index in [-0.39, 0.29) is 5.97 Å². The fourth-order valence-corrected chi connectivity index (χ4v) is 1.56. The Labute approximate surface area is 96.3 Å². The molecule has 0 aromatic heterocycles. The molecule has 0 spiro atoms. The van der Waals surface area contributed by atoms with Crippen molar-refractivity contribution in [2.24, 2.45) is 0 Å². The van der Waals surface area contributed by atoms with Crippen LogP contribution in [0, 0.1) is 0 Å². The second-order valence-corrected chi connectivity index (χ2v) is 3.64. The quantitative estimate of drug-likeness (QED) is 0.625. The van der Waals surface area contributed by atoms with Crippen molar-refractivity contribution in [3.8, 4) is 0 Å². The van der Waals surface area contributed by atoms with E-state index in [2.05, 4.69) is 15.9 Å². The average molecular weight is 278 g/mol. The van der Waals surface area contributed by atoms with Crippen LogP contribution in [0.1, 0.15) is 22.8 Å². The topological polar surface area (TPSA) is 26.3 Å². The summed E-state index contributed by atoms with van der Waals surface area (Å²) in [6, 6.07) is 5.29. The van der Waals surface area contributed by atoms with Crippen LogP contribution in [0.4, 0.5) is 0 Å². The van der Waals surface area contributed by atoms with Gasteiger partial charge in [-0.05, 0) is 24.6 Å². The van der Waals surface area contributed by atoms with Crippen molar-refractivity contribution >= 4 is 33.5 Å². The first-order valence-electron chi connectivity index (χ1n) is 4.20. The number of alkyl halides is 1. The van der Waals surface area contributed by atoms with Crippen molar-refractivity contribution in [2.75, 3.05) is 6.61 Å². The molecule has 0 bridgehead atoms. The van der Waals surface area contributed by atoms with Crippen molar-refractivity contribution in [3.05, 3.63) is 34.3 Å². The normalized spacial score (nSPS) is 9.93. The van der Waals surface area contributed by atoms with Gasteiger partial charge in [0, 0.05) is 5.33 Å². The summed E-state index contributed by atoms with van der Waals surface area (Å²) < 4.78 is 4.87. The van der Waals surface area contributed by atoms with Gasteiger partial charge in [0.05, 0.1) is 17.2 Å². The van der Waals surface area contributed by atoms with Crippen LogP contribution in [-0.2, 0) is 10.1 Å². The summed E-state index contributed by atoms with van der Waals surface area (Å²) in [5, 5.41) is 1.12. The number of benzene rings is 1. The van der Waals surface area contributed by atoms with E-state index in [4.69, 9.17) is 16.3 Å². The molecule has 0 aliphatic rings. The summed E-state index contributed by atoms with van der Waals surface area (Å²) in [7, 11) is 0. The molecular weight excluding hydrogens is 267 g/mol. The third kappa shape index (κ3) is 2.72. The molecule has 1 aromatic carbocycles. The molecule has 0 heterocycles. The maximum absolute atomic E-state index is 11.4. The summed E-state index contributed by atoms with van der Waals surface area (Å²) in [6.07, 6.45) is 0. The van der Waals surface area contributed by atoms with Crippen LogP contribution in [0.2, 0.25) is 5.02 Å². The SMILES string of the molecule is CCOC(=O)c1cc(CBr)ccc1Cl. The summed E-state index contributed by atoms with van der Waals surface area (Å²) in [5.74, 6) is -0.375. The molecule has 0 N–H and O–H groups in total. The number of hydrogen-bond acceptors (Lipinski definition) is 2. The lowest BCUT2D eigenvalue weighted by molar-refractivity contribution is 0.0526. The van der Waals surface area contributed by atoms with Crippen molar-refractivity contribution in [2.45, 2.75) is 12.3 Å². The van der Waals surface area contributed by atoms with Crippen LogP contribution in [0.3, 0.4) is 0 Å². The first-order valence-corrected chi connectivity index (χ1v) is 5.70. The van der Waals surface area contributed by atoms with Gasteiger partial charge in [-0.15, -0.1) is 0 Å². The van der Waals surface area contributed by atoms with Crippen molar-refractivity contribution in [1.29, 1.82) is 0 Å². The average Bonchev–Trinajstić information content (AvgIpc) is 2.19. The van der Waals surface area contributed by atoms with Gasteiger partial charge >= 0.3 is 5.97 Å². The van der Waals surface area contributed by atoms with Crippen LogP contribution in [0.25, 0.3) is 0 Å². The zero-order valence-electron chi connectivity index (χ0n) is 7.72. The number of hydrogen-bond donors (Lipinski definition) is 0. The van der Waals surface area contributed by atoms with Gasteiger partial charge in [0.2, 0.25) is 0 Å². The maximum Gasteiger partial charge on any atom is 0.339 e. The Balaban J connectivity index is 2.99. The van der Waals surface area contributed by atoms with Crippen molar-refractivity contribution in [1.82, 2.24) is 0 Å². The van der Waals surface area contributed by atoms with Gasteiger partial charge in [-0.3, -0.25) is 0 Å². The highest BCUT2D eigenvalue weighted by atomic mass is 79.9. The van der Waals surface area contributed by atoms with E-state index >= 15 is 0 Å². The number of ether oxygens (including phenoxy) is 1. The Morgan fingerprint density at radius 2 is 2.29 bits per heavy atom. The Hall–Kier alpha value is -0.540. The van der Waals surface area contributed by atoms with E-state index in [1.807, 2.05) is 6.07 Å². The third-order valence-electron chi connectivity index (χ3n) is 1.68. The molecule has 4 heteroatoms. The zero-order chi connectivity index (χ0) is 10.6. The minimum atomic E-state index is -0.375. The molecule has 14 heavy (non-hydrogen) atoms. The fourth-order valence-electron chi connectivity index (χ4n) is 1.02. The lowest BCUT2D eigenvalue weighted by Gasteiger charge is -2.05. The highest BCUT2D eigenvalue weighted by molar-refractivity contribution is 9.08. The molecule has 0 fully saturated rings. The van der Waals surface area contributed by atoms with Crippen LogP contribution in [0.15, 0.2) is 18.2 Å². The van der Waals surface area contributed by atoms with Crippen LogP contribution < -0.4 is 0 Å². The zero-order valence-corrected chi connectivity index (χ0v) is 10.1. The van der Waals surface area contributed by atoms with E-state index in [1.165, 1.54) is 0 Å². The monoisotopic (exact) mass is 276 g/mol. The molecule has 0 atom stereocenters. The molecule has 0 aliphatic heterocycles. The second-order valence-electron chi connectivity index (χ2n) is 2.67. The molecule has 76 valence electrons. The van der Waals surface area contributed by atoms with Crippen molar-refractivity contribution in [3.63, 3.8) is 0 Å². The minimum absolute atomic E-state index is 0.355. The smallest absolute Gasteiger partial charge is 0.339 e. The predicted molar refractivity (Wildman–Crippen MR) is 60.0 cm³/mol. The minimum Gasteiger partial charge on any atom is -0.462 e. The van der Waals surface area contributed by atoms with E-state index in [0.717, 1.165) is 5.56 Å². The van der Waals surface area contributed by atoms with Gasteiger partial charge in [0.25, 0.3) is 0 Å². The number of halogens is 2. The van der Waals surface area contributed by atoms with Crippen molar-refractivity contribution < 1.29 is 9.53 Å². The summed E-state index contributed by atoms with van der Waals surface area (Å²) >= 11 is 9.18. The summed E-state index contributed by atoms with van der Waals surface area (Å²) in [6.45, 7) is 2.12. The molecule has 0 saturated carbocycles. The molecule has 0 amide bonds. The highest BCUT2D eigenvalue weighted by Crippen LogP contribution is 2.19. The van der Waals surface area contributed by atoms with Gasteiger partial charge in [0.1, 0.15) is 0 Å². The van der Waals surface area contributed by atoms with E-state index in [9.17, 15) is 4.79 Å². The summed E-state index contributed by atoms with van der Waals surface area (Å²) in [5.41, 5.74) is 1.42. The molecule has 2 nitrogen and oxygen atoms in total. The van der Waals surface area contributed by atoms with Gasteiger partial charge < -0.3 is 4.74 Å². The highest BCUT2D eigenvalue weighted by Gasteiger charge is 2.11. The number of carbonyl (C=O) groups excluding carboxylic acids is 1. The molecular formula is C10H10BrClO2. The Morgan fingerprint density at radius 1 is 1.57 bits per heavy atom. The molecule has 0 saturated heterocycles. The number of rotatable bonds is 3. The van der Waals surface area contributed by atoms with Crippen LogP contribution in [0.5, 0.6) is 0 Å². The fraction of sp³-hybridized carbons (Fsp3) is 0.300. The van der Waals surface area contributed by atoms with E-state index < -0.39 is 0 Å². The third-order valence-corrected chi connectivity index (χ3v) is 2.66. The number of carbonyl (C=O) groups is 1. The lowest BCUT2D eigenvalue weighted by Crippen LogP contribution is -2.05. The maximum atomic E-state index is 11.4. The Kier molecular flexibility index (Phi) is 4.42. The molecule has 0 unspecified atom stereocenters. The second kappa shape index (κ2) is 5.37. The molecule has 1 rings (SSSR count). The van der Waals surface area contributed by atoms with Gasteiger partial charge in [-0.1, -0.05) is 33.6 Å². The molecule has 0 radical (unpaired) electrons. The first-order chi connectivity index (χ1) is 6.69. The standard InChI is InChI=1S/C10H10BrClO2/c1-2-14-10(13)8-5-7(6-11)3-4-9(8)12/h3-5H,2,6H2,1H3. The van der Waals surface area contributed by atoms with Gasteiger partial charge in [-0.2, -0.15) is 0 Å². The summed E-state index contributed by atoms with van der Waals surface area (Å²) in [4.78, 5) is 11.4. The number of esters is 1. The largest absolute Gasteiger partial charge is 0.462 e. The predicted octanol–water partition coefficient (Wildman–Crippen LogP) is 3.41. The van der Waals surface area contributed by atoms with Gasteiger partial charge in [-0.25, -0.2) is 4.79 Å². The van der Waals surface area contributed by atoms with Crippen LogP contribution in [-0.4, -0.2) is 12.6 Å². The lowest BCUT2D eigenvalue weighted by atomic mass is 10.1. The van der Waals surface area contributed by atoms with E-state index in [1.54, 1.807) is 19.1 Å². The molecule has 1 aromatic rings. The first kappa shape index (κ1) is 11.5. The molecule has 0 aliphatic carbocycles. The van der Waals surface area contributed by atoms with E-state index in [0.29, 0.717) is 22.5 Å².